The molecule has 6 nitrogen and oxygen atoms in total. The van der Waals surface area contributed by atoms with Crippen LogP contribution in [-0.4, -0.2) is 45.7 Å². The van der Waals surface area contributed by atoms with E-state index in [9.17, 15) is 18.0 Å². The molecule has 0 bridgehead atoms. The molecule has 2 rings (SSSR count). The number of para-hydroxylation sites is 1. The number of carbonyl (C=O) groups is 1. The van der Waals surface area contributed by atoms with Gasteiger partial charge in [0, 0.05) is 32.2 Å². The van der Waals surface area contributed by atoms with Gasteiger partial charge in [0.15, 0.2) is 5.96 Å². The maximum atomic E-state index is 12.6. The fourth-order valence-corrected chi connectivity index (χ4v) is 2.72. The molecule has 1 amide bonds. The first-order chi connectivity index (χ1) is 14.3. The lowest BCUT2D eigenvalue weighted by Gasteiger charge is -2.13. The van der Waals surface area contributed by atoms with E-state index in [1.807, 2.05) is 24.3 Å². The van der Waals surface area contributed by atoms with Crippen molar-refractivity contribution in [2.75, 3.05) is 33.8 Å². The Kier molecular flexibility index (Phi) is 8.52. The van der Waals surface area contributed by atoms with Crippen molar-refractivity contribution in [3.8, 4) is 5.75 Å². The number of benzene rings is 2. The fourth-order valence-electron chi connectivity index (χ4n) is 2.72. The van der Waals surface area contributed by atoms with Gasteiger partial charge < -0.3 is 20.7 Å². The number of alkyl halides is 3. The molecule has 0 aliphatic rings. The van der Waals surface area contributed by atoms with Crippen LogP contribution in [0.1, 0.15) is 21.5 Å². The molecule has 9 heteroatoms. The number of amides is 1. The Morgan fingerprint density at radius 1 is 0.967 bits per heavy atom. The topological polar surface area (TPSA) is 74.8 Å². The molecular formula is C21H25F3N4O2. The Morgan fingerprint density at radius 2 is 1.60 bits per heavy atom. The van der Waals surface area contributed by atoms with Gasteiger partial charge in [0.1, 0.15) is 5.75 Å². The van der Waals surface area contributed by atoms with Gasteiger partial charge in [-0.25, -0.2) is 0 Å². The molecule has 30 heavy (non-hydrogen) atoms. The highest BCUT2D eigenvalue weighted by molar-refractivity contribution is 5.94. The van der Waals surface area contributed by atoms with Crippen molar-refractivity contribution in [2.45, 2.75) is 12.6 Å². The first-order valence-corrected chi connectivity index (χ1v) is 9.37. The zero-order chi connectivity index (χ0) is 22.0. The Labute approximate surface area is 173 Å². The molecule has 0 saturated heterocycles. The summed E-state index contributed by atoms with van der Waals surface area (Å²) in [5.41, 5.74) is 0.456. The summed E-state index contributed by atoms with van der Waals surface area (Å²) in [4.78, 5) is 16.1. The zero-order valence-corrected chi connectivity index (χ0v) is 16.8. The number of guanidine groups is 1. The van der Waals surface area contributed by atoms with E-state index in [0.29, 0.717) is 19.0 Å². The van der Waals surface area contributed by atoms with Gasteiger partial charge >= 0.3 is 6.18 Å². The third kappa shape index (κ3) is 6.98. The summed E-state index contributed by atoms with van der Waals surface area (Å²) in [6.45, 7) is 1.33. The number of ether oxygens (including phenoxy) is 1. The predicted molar refractivity (Wildman–Crippen MR) is 110 cm³/mol. The Hall–Kier alpha value is -3.23. The minimum Gasteiger partial charge on any atom is -0.496 e. The maximum absolute atomic E-state index is 12.6. The van der Waals surface area contributed by atoms with Gasteiger partial charge in [-0.15, -0.1) is 0 Å². The van der Waals surface area contributed by atoms with Crippen molar-refractivity contribution in [3.63, 3.8) is 0 Å². The SMILES string of the molecule is CN=C(NCCNC(=O)c1ccc(C(F)(F)F)cc1)NCCc1ccccc1OC. The highest BCUT2D eigenvalue weighted by Crippen LogP contribution is 2.29. The van der Waals surface area contributed by atoms with Crippen molar-refractivity contribution >= 4 is 11.9 Å². The van der Waals surface area contributed by atoms with E-state index < -0.39 is 17.6 Å². The van der Waals surface area contributed by atoms with Crippen LogP contribution in [0.2, 0.25) is 0 Å². The standard InChI is InChI=1S/C21H25F3N4O2/c1-25-20(27-12-11-15-5-3-4-6-18(15)30-2)28-14-13-26-19(29)16-7-9-17(10-8-16)21(22,23)24/h3-10H,11-14H2,1-2H3,(H,26,29)(H2,25,27,28). The molecule has 0 aliphatic carbocycles. The monoisotopic (exact) mass is 422 g/mol. The van der Waals surface area contributed by atoms with E-state index in [4.69, 9.17) is 4.74 Å². The first kappa shape index (κ1) is 23.1. The van der Waals surface area contributed by atoms with E-state index in [2.05, 4.69) is 20.9 Å². The normalized spacial score (nSPS) is 11.7. The lowest BCUT2D eigenvalue weighted by molar-refractivity contribution is -0.137. The quantitative estimate of drug-likeness (QED) is 0.348. The van der Waals surface area contributed by atoms with Crippen molar-refractivity contribution in [3.05, 3.63) is 65.2 Å². The van der Waals surface area contributed by atoms with Crippen LogP contribution in [0.3, 0.4) is 0 Å². The minimum absolute atomic E-state index is 0.169. The smallest absolute Gasteiger partial charge is 0.416 e. The molecule has 2 aromatic rings. The van der Waals surface area contributed by atoms with Gasteiger partial charge in [-0.05, 0) is 42.3 Å². The van der Waals surface area contributed by atoms with Gasteiger partial charge in [-0.2, -0.15) is 13.2 Å². The summed E-state index contributed by atoms with van der Waals surface area (Å²) < 4.78 is 43.0. The number of halogens is 3. The molecule has 0 radical (unpaired) electrons. The Bertz CT molecular complexity index is 852. The molecule has 0 unspecified atom stereocenters. The zero-order valence-electron chi connectivity index (χ0n) is 16.8. The molecule has 3 N–H and O–H groups in total. The van der Waals surface area contributed by atoms with Gasteiger partial charge in [0.05, 0.1) is 12.7 Å². The Balaban J connectivity index is 1.71. The van der Waals surface area contributed by atoms with Crippen LogP contribution in [0.15, 0.2) is 53.5 Å². The molecular weight excluding hydrogens is 397 g/mol. The predicted octanol–water partition coefficient (Wildman–Crippen LogP) is 2.85. The van der Waals surface area contributed by atoms with Gasteiger partial charge in [0.25, 0.3) is 5.91 Å². The molecule has 2 aromatic carbocycles. The van der Waals surface area contributed by atoms with Crippen LogP contribution in [0.4, 0.5) is 13.2 Å². The molecule has 0 aliphatic heterocycles. The van der Waals surface area contributed by atoms with E-state index in [0.717, 1.165) is 42.0 Å². The van der Waals surface area contributed by atoms with Crippen molar-refractivity contribution in [1.29, 1.82) is 0 Å². The lowest BCUT2D eigenvalue weighted by atomic mass is 10.1. The number of aliphatic imine (C=N–C) groups is 1. The molecule has 0 saturated carbocycles. The summed E-state index contributed by atoms with van der Waals surface area (Å²) in [7, 11) is 3.27. The van der Waals surface area contributed by atoms with Gasteiger partial charge in [-0.1, -0.05) is 18.2 Å². The van der Waals surface area contributed by atoms with E-state index in [-0.39, 0.29) is 12.1 Å². The highest BCUT2D eigenvalue weighted by Gasteiger charge is 2.30. The molecule has 162 valence electrons. The summed E-state index contributed by atoms with van der Waals surface area (Å²) in [5.74, 6) is 0.964. The second kappa shape index (κ2) is 11.1. The molecule has 0 fully saturated rings. The number of rotatable bonds is 8. The number of hydrogen-bond donors (Lipinski definition) is 3. The van der Waals surface area contributed by atoms with Crippen LogP contribution in [0.25, 0.3) is 0 Å². The van der Waals surface area contributed by atoms with Crippen molar-refractivity contribution in [2.24, 2.45) is 4.99 Å². The molecule has 0 aromatic heterocycles. The lowest BCUT2D eigenvalue weighted by Crippen LogP contribution is -2.42. The summed E-state index contributed by atoms with van der Waals surface area (Å²) in [5, 5.41) is 8.89. The minimum atomic E-state index is -4.42. The average molecular weight is 422 g/mol. The van der Waals surface area contributed by atoms with Crippen molar-refractivity contribution in [1.82, 2.24) is 16.0 Å². The van der Waals surface area contributed by atoms with Gasteiger partial charge in [-0.3, -0.25) is 9.79 Å². The van der Waals surface area contributed by atoms with Gasteiger partial charge in [0.2, 0.25) is 0 Å². The summed E-state index contributed by atoms with van der Waals surface area (Å²) in [6, 6.07) is 11.9. The fraction of sp³-hybridized carbons (Fsp3) is 0.333. The number of carbonyl (C=O) groups excluding carboxylic acids is 1. The summed E-state index contributed by atoms with van der Waals surface area (Å²) >= 11 is 0. The van der Waals surface area contributed by atoms with E-state index in [1.54, 1.807) is 14.2 Å². The number of methoxy groups -OCH3 is 1. The third-order valence-corrected chi connectivity index (χ3v) is 4.28. The number of hydrogen-bond acceptors (Lipinski definition) is 3. The van der Waals surface area contributed by atoms with E-state index in [1.165, 1.54) is 0 Å². The summed E-state index contributed by atoms with van der Waals surface area (Å²) in [6.07, 6.45) is -3.68. The molecule has 0 atom stereocenters. The van der Waals surface area contributed by atoms with Crippen LogP contribution in [0.5, 0.6) is 5.75 Å². The van der Waals surface area contributed by atoms with Crippen molar-refractivity contribution < 1.29 is 22.7 Å². The highest BCUT2D eigenvalue weighted by atomic mass is 19.4. The second-order valence-electron chi connectivity index (χ2n) is 6.32. The average Bonchev–Trinajstić information content (AvgIpc) is 2.75. The van der Waals surface area contributed by atoms with Crippen LogP contribution in [0, 0.1) is 0 Å². The third-order valence-electron chi connectivity index (χ3n) is 4.28. The molecule has 0 spiro atoms. The largest absolute Gasteiger partial charge is 0.496 e. The number of nitrogens with one attached hydrogen (secondary N) is 3. The second-order valence-corrected chi connectivity index (χ2v) is 6.32. The van der Waals surface area contributed by atoms with E-state index >= 15 is 0 Å². The number of nitrogens with zero attached hydrogens (tertiary/aromatic N) is 1. The Morgan fingerprint density at radius 3 is 2.23 bits per heavy atom. The first-order valence-electron chi connectivity index (χ1n) is 9.37. The van der Waals surface area contributed by atoms with Crippen LogP contribution in [-0.2, 0) is 12.6 Å². The maximum Gasteiger partial charge on any atom is 0.416 e. The van der Waals surface area contributed by atoms with Crippen LogP contribution < -0.4 is 20.7 Å². The van der Waals surface area contributed by atoms with Crippen LogP contribution >= 0.6 is 0 Å². The molecule has 0 heterocycles.